The number of anilines is 7. The van der Waals surface area contributed by atoms with E-state index in [2.05, 4.69) is 50.9 Å². The minimum Gasteiger partial charge on any atom is -0.497 e. The largest absolute Gasteiger partial charge is 0.497 e. The van der Waals surface area contributed by atoms with Gasteiger partial charge in [0.25, 0.3) is 10.1 Å². The van der Waals surface area contributed by atoms with Crippen LogP contribution in [0.5, 0.6) is 23.0 Å². The number of nitrogens with zero attached hydrogens (tertiary/aromatic N) is 12. The summed E-state index contributed by atoms with van der Waals surface area (Å²) in [6.07, 6.45) is 0. The molecule has 0 aliphatic heterocycles. The van der Waals surface area contributed by atoms with Crippen molar-refractivity contribution >= 4 is 115 Å². The molecule has 7 aromatic rings. The summed E-state index contributed by atoms with van der Waals surface area (Å²) < 4.78 is 58.4. The van der Waals surface area contributed by atoms with Crippen LogP contribution in [0.1, 0.15) is 27.7 Å². The van der Waals surface area contributed by atoms with Crippen molar-refractivity contribution in [1.29, 1.82) is 0 Å². The van der Waals surface area contributed by atoms with Crippen LogP contribution in [-0.2, 0) is 10.1 Å². The first-order chi connectivity index (χ1) is 34.3. The van der Waals surface area contributed by atoms with Gasteiger partial charge in [-0.3, -0.25) is 4.55 Å². The molecular formula is C45H54N14O9S3. The highest BCUT2D eigenvalue weighted by atomic mass is 32.2. The standard InChI is InChI=1S/C45H54N14O9S3/c1-9-57(10-2)33-22-29(31(24-36(33)67-7)53-55-44-48-27-14-13-26(65-5)21-38(27)69-44)46-41-50-42(52-43(51-41)59(17-19-60)18-20-61)47-30-23-34(58(11-3)12-4)37(68-8)25-32(30)54-56-45-49-28-15-16-35(66-6)40(39(28)70-45)71(62,63)64/h13-16,21-25,60-61H,9-12,17-20H2,1-8H3,(H,62,63,64)(H2,46,47,50,51,52). The third-order valence-corrected chi connectivity index (χ3v) is 13.9. The summed E-state index contributed by atoms with van der Waals surface area (Å²) in [5.74, 6) is 1.85. The number of aromatic nitrogens is 5. The van der Waals surface area contributed by atoms with E-state index in [1.165, 1.54) is 31.6 Å². The number of aliphatic hydroxyl groups excluding tert-OH is 2. The van der Waals surface area contributed by atoms with Gasteiger partial charge in [0.05, 0.1) is 84.8 Å². The zero-order chi connectivity index (χ0) is 50.8. The normalized spacial score (nSPS) is 11.8. The highest BCUT2D eigenvalue weighted by molar-refractivity contribution is 7.86. The number of hydrogen-bond donors (Lipinski definition) is 5. The van der Waals surface area contributed by atoms with Crippen LogP contribution in [0.4, 0.5) is 62.2 Å². The summed E-state index contributed by atoms with van der Waals surface area (Å²) >= 11 is 2.24. The Bertz CT molecular complexity index is 3160. The summed E-state index contributed by atoms with van der Waals surface area (Å²) in [5, 5.41) is 45.5. The zero-order valence-corrected chi connectivity index (χ0v) is 42.7. The van der Waals surface area contributed by atoms with E-state index in [0.29, 0.717) is 71.3 Å². The molecule has 0 radical (unpaired) electrons. The molecule has 0 atom stereocenters. The molecule has 3 aromatic heterocycles. The maximum absolute atomic E-state index is 12.4. The number of thiazole rings is 2. The van der Waals surface area contributed by atoms with Gasteiger partial charge in [-0.1, -0.05) is 22.7 Å². The lowest BCUT2D eigenvalue weighted by Crippen LogP contribution is -2.31. The van der Waals surface area contributed by atoms with Crippen molar-refractivity contribution in [2.75, 3.05) is 106 Å². The second-order valence-electron chi connectivity index (χ2n) is 15.0. The third kappa shape index (κ3) is 11.8. The van der Waals surface area contributed by atoms with Crippen molar-refractivity contribution in [3.63, 3.8) is 0 Å². The van der Waals surface area contributed by atoms with E-state index in [9.17, 15) is 23.2 Å². The van der Waals surface area contributed by atoms with Gasteiger partial charge in [0.2, 0.25) is 28.1 Å². The van der Waals surface area contributed by atoms with Crippen LogP contribution in [0.25, 0.3) is 20.4 Å². The van der Waals surface area contributed by atoms with E-state index in [0.717, 1.165) is 27.2 Å². The molecule has 26 heteroatoms. The lowest BCUT2D eigenvalue weighted by atomic mass is 10.2. The van der Waals surface area contributed by atoms with Crippen LogP contribution >= 0.6 is 22.7 Å². The number of methoxy groups -OCH3 is 4. The van der Waals surface area contributed by atoms with Gasteiger partial charge in [0.15, 0.2) is 4.90 Å². The Morgan fingerprint density at radius 2 is 1.10 bits per heavy atom. The highest BCUT2D eigenvalue weighted by Crippen LogP contribution is 2.44. The molecule has 5 N–H and O–H groups in total. The Balaban J connectivity index is 1.36. The molecule has 23 nitrogen and oxygen atoms in total. The number of benzene rings is 4. The molecule has 0 aliphatic rings. The second kappa shape index (κ2) is 23.2. The molecule has 376 valence electrons. The molecule has 3 heterocycles. The molecule has 0 spiro atoms. The maximum atomic E-state index is 12.4. The van der Waals surface area contributed by atoms with Crippen LogP contribution in [0.15, 0.2) is 79.9 Å². The first-order valence-corrected chi connectivity index (χ1v) is 25.3. The minimum atomic E-state index is -4.71. The van der Waals surface area contributed by atoms with Gasteiger partial charge in [0, 0.05) is 51.4 Å². The number of ether oxygens (including phenoxy) is 4. The molecular weight excluding hydrogens is 977 g/mol. The number of fused-ring (bicyclic) bond motifs is 2. The van der Waals surface area contributed by atoms with Crippen LogP contribution in [0.3, 0.4) is 0 Å². The average molecular weight is 1030 g/mol. The summed E-state index contributed by atoms with van der Waals surface area (Å²) in [5.41, 5.74) is 3.90. The lowest BCUT2D eigenvalue weighted by molar-refractivity contribution is 0.280. The fourth-order valence-corrected chi connectivity index (χ4v) is 10.3. The van der Waals surface area contributed by atoms with E-state index < -0.39 is 15.0 Å². The molecule has 0 saturated heterocycles. The maximum Gasteiger partial charge on any atom is 0.299 e. The molecule has 0 fully saturated rings. The summed E-state index contributed by atoms with van der Waals surface area (Å²) in [6.45, 7) is 10.3. The molecule has 0 aliphatic carbocycles. The number of rotatable bonds is 24. The Morgan fingerprint density at radius 3 is 1.58 bits per heavy atom. The van der Waals surface area contributed by atoms with E-state index in [4.69, 9.17) is 33.9 Å². The Hall–Kier alpha value is -7.10. The van der Waals surface area contributed by atoms with Gasteiger partial charge >= 0.3 is 0 Å². The van der Waals surface area contributed by atoms with E-state index in [1.807, 2.05) is 58.0 Å². The quantitative estimate of drug-likeness (QED) is 0.0278. The number of azo groups is 2. The monoisotopic (exact) mass is 1030 g/mol. The summed E-state index contributed by atoms with van der Waals surface area (Å²) in [6, 6.07) is 15.6. The lowest BCUT2D eigenvalue weighted by Gasteiger charge is -2.25. The van der Waals surface area contributed by atoms with E-state index >= 15 is 0 Å². The minimum absolute atomic E-state index is 0.0286. The van der Waals surface area contributed by atoms with E-state index in [-0.39, 0.29) is 70.9 Å². The van der Waals surface area contributed by atoms with Crippen molar-refractivity contribution in [2.45, 2.75) is 32.6 Å². The molecule has 4 aromatic carbocycles. The first-order valence-electron chi connectivity index (χ1n) is 22.3. The predicted molar refractivity (Wildman–Crippen MR) is 276 cm³/mol. The molecule has 0 amide bonds. The first kappa shape index (κ1) is 51.7. The fraction of sp³-hybridized carbons (Fsp3) is 0.356. The molecule has 0 unspecified atom stereocenters. The Morgan fingerprint density at radius 1 is 0.592 bits per heavy atom. The third-order valence-electron chi connectivity index (χ3n) is 11.0. The topological polar surface area (TPSA) is 279 Å². The van der Waals surface area contributed by atoms with Gasteiger partial charge in [-0.15, -0.1) is 20.5 Å². The average Bonchev–Trinajstić information content (AvgIpc) is 3.99. The van der Waals surface area contributed by atoms with Crippen molar-refractivity contribution < 1.29 is 42.1 Å². The molecule has 71 heavy (non-hydrogen) atoms. The number of aliphatic hydroxyl groups is 2. The van der Waals surface area contributed by atoms with Gasteiger partial charge in [0.1, 0.15) is 34.4 Å². The van der Waals surface area contributed by atoms with Gasteiger partial charge < -0.3 is 54.5 Å². The van der Waals surface area contributed by atoms with Gasteiger partial charge in [-0.25, -0.2) is 9.97 Å². The fourth-order valence-electron chi connectivity index (χ4n) is 7.48. The predicted octanol–water partition coefficient (Wildman–Crippen LogP) is 9.17. The Kier molecular flexibility index (Phi) is 16.9. The van der Waals surface area contributed by atoms with Crippen molar-refractivity contribution in [1.82, 2.24) is 24.9 Å². The highest BCUT2D eigenvalue weighted by Gasteiger charge is 2.25. The molecule has 0 saturated carbocycles. The summed E-state index contributed by atoms with van der Waals surface area (Å²) in [7, 11) is 1.31. The van der Waals surface area contributed by atoms with Crippen LogP contribution in [0, 0.1) is 0 Å². The van der Waals surface area contributed by atoms with Crippen LogP contribution < -0.4 is 44.3 Å². The van der Waals surface area contributed by atoms with Crippen molar-refractivity contribution in [3.8, 4) is 23.0 Å². The van der Waals surface area contributed by atoms with E-state index in [1.54, 1.807) is 37.3 Å². The second-order valence-corrected chi connectivity index (χ2v) is 18.4. The van der Waals surface area contributed by atoms with Gasteiger partial charge in [-0.05, 0) is 70.2 Å². The van der Waals surface area contributed by atoms with Crippen molar-refractivity contribution in [2.24, 2.45) is 20.5 Å². The smallest absolute Gasteiger partial charge is 0.299 e. The number of hydrogen-bond acceptors (Lipinski definition) is 24. The Labute approximate surface area is 417 Å². The van der Waals surface area contributed by atoms with Crippen LogP contribution in [0.2, 0.25) is 0 Å². The zero-order valence-electron chi connectivity index (χ0n) is 40.2. The summed E-state index contributed by atoms with van der Waals surface area (Å²) in [4.78, 5) is 28.8. The SMILES string of the molecule is CCN(CC)c1cc(Nc2nc(Nc3cc(N(CC)CC)c(OC)cc3N=Nc3nc4ccc(OC)c(S(=O)(=O)O)c4s3)nc(N(CCO)CCO)n2)c(N=Nc2nc3ccc(OC)cc3s2)cc1OC. The molecule has 0 bridgehead atoms. The number of nitrogens with one attached hydrogen (secondary N) is 2. The van der Waals surface area contributed by atoms with Crippen LogP contribution in [-0.4, -0.2) is 129 Å². The van der Waals surface area contributed by atoms with Gasteiger partial charge in [-0.2, -0.15) is 23.4 Å². The van der Waals surface area contributed by atoms with Crippen molar-refractivity contribution in [3.05, 3.63) is 54.6 Å². The molecule has 7 rings (SSSR count).